The number of aliphatic hydroxyl groups is 1. The van der Waals surface area contributed by atoms with Gasteiger partial charge in [0.15, 0.2) is 0 Å². The van der Waals surface area contributed by atoms with Crippen molar-refractivity contribution in [3.63, 3.8) is 0 Å². The van der Waals surface area contributed by atoms with E-state index in [1.54, 1.807) is 12.1 Å². The summed E-state index contributed by atoms with van der Waals surface area (Å²) in [7, 11) is 1.25. The van der Waals surface area contributed by atoms with Crippen LogP contribution in [0.2, 0.25) is 5.02 Å². The number of rotatable bonds is 5. The van der Waals surface area contributed by atoms with Crippen molar-refractivity contribution in [1.82, 2.24) is 4.90 Å². The summed E-state index contributed by atoms with van der Waals surface area (Å²) in [5.74, 6) is -0.956. The number of carbonyl (C=O) groups excluding carboxylic acids is 2. The van der Waals surface area contributed by atoms with Gasteiger partial charge in [0.05, 0.1) is 36.5 Å². The SMILES string of the molecule is COC(=O)C1=C(Nc2ccc(I)cc2Cl)C(=O)N(CCO)C1. The zero-order chi connectivity index (χ0) is 16.3. The number of methoxy groups -OCH3 is 1. The number of anilines is 1. The van der Waals surface area contributed by atoms with E-state index in [9.17, 15) is 9.59 Å². The molecule has 0 saturated heterocycles. The highest BCUT2D eigenvalue weighted by molar-refractivity contribution is 14.1. The molecule has 22 heavy (non-hydrogen) atoms. The molecule has 0 saturated carbocycles. The molecule has 0 atom stereocenters. The lowest BCUT2D eigenvalue weighted by molar-refractivity contribution is -0.136. The molecule has 0 radical (unpaired) electrons. The summed E-state index contributed by atoms with van der Waals surface area (Å²) in [6.45, 7) is 0.0546. The third-order valence-corrected chi connectivity index (χ3v) is 4.13. The first kappa shape index (κ1) is 17.0. The van der Waals surface area contributed by atoms with Gasteiger partial charge in [0.2, 0.25) is 0 Å². The Bertz CT molecular complexity index is 648. The van der Waals surface area contributed by atoms with Crippen LogP contribution in [0.15, 0.2) is 29.5 Å². The molecular weight excluding hydrogens is 423 g/mol. The summed E-state index contributed by atoms with van der Waals surface area (Å²) >= 11 is 8.27. The van der Waals surface area contributed by atoms with E-state index in [1.807, 2.05) is 6.07 Å². The van der Waals surface area contributed by atoms with E-state index in [-0.39, 0.29) is 36.9 Å². The number of nitrogens with zero attached hydrogens (tertiary/aromatic N) is 1. The van der Waals surface area contributed by atoms with Gasteiger partial charge in [0.1, 0.15) is 5.70 Å². The molecule has 1 heterocycles. The second-order valence-corrected chi connectivity index (χ2v) is 6.20. The molecule has 2 N–H and O–H groups in total. The van der Waals surface area contributed by atoms with Crippen molar-refractivity contribution in [1.29, 1.82) is 0 Å². The fourth-order valence-electron chi connectivity index (χ4n) is 2.07. The van der Waals surface area contributed by atoms with E-state index >= 15 is 0 Å². The van der Waals surface area contributed by atoms with Crippen molar-refractivity contribution in [2.75, 3.05) is 32.1 Å². The molecule has 1 aliphatic heterocycles. The van der Waals surface area contributed by atoms with Crippen LogP contribution in [0.4, 0.5) is 5.69 Å². The molecule has 0 spiro atoms. The van der Waals surface area contributed by atoms with E-state index in [2.05, 4.69) is 27.9 Å². The van der Waals surface area contributed by atoms with Crippen molar-refractivity contribution in [2.45, 2.75) is 0 Å². The fraction of sp³-hybridized carbons (Fsp3) is 0.286. The van der Waals surface area contributed by atoms with Crippen LogP contribution in [0, 0.1) is 3.57 Å². The zero-order valence-electron chi connectivity index (χ0n) is 11.7. The Hall–Kier alpha value is -1.32. The first-order valence-electron chi connectivity index (χ1n) is 6.41. The van der Waals surface area contributed by atoms with Gasteiger partial charge >= 0.3 is 5.97 Å². The topological polar surface area (TPSA) is 78.9 Å². The van der Waals surface area contributed by atoms with E-state index in [4.69, 9.17) is 21.4 Å². The molecule has 6 nitrogen and oxygen atoms in total. The van der Waals surface area contributed by atoms with E-state index in [0.29, 0.717) is 10.7 Å². The van der Waals surface area contributed by atoms with Crippen LogP contribution in [-0.4, -0.2) is 48.7 Å². The van der Waals surface area contributed by atoms with Crippen molar-refractivity contribution in [3.05, 3.63) is 38.1 Å². The van der Waals surface area contributed by atoms with E-state index < -0.39 is 5.97 Å². The van der Waals surface area contributed by atoms with Crippen LogP contribution < -0.4 is 5.32 Å². The molecule has 118 valence electrons. The van der Waals surface area contributed by atoms with Crippen LogP contribution >= 0.6 is 34.2 Å². The highest BCUT2D eigenvalue weighted by Crippen LogP contribution is 2.28. The largest absolute Gasteiger partial charge is 0.466 e. The van der Waals surface area contributed by atoms with Crippen molar-refractivity contribution in [3.8, 4) is 0 Å². The van der Waals surface area contributed by atoms with Gasteiger partial charge in [-0.3, -0.25) is 4.79 Å². The Kier molecular flexibility index (Phi) is 5.65. The Labute approximate surface area is 146 Å². The molecule has 0 fully saturated rings. The summed E-state index contributed by atoms with van der Waals surface area (Å²) in [5, 5.41) is 12.4. The van der Waals surface area contributed by atoms with Crippen molar-refractivity contribution in [2.24, 2.45) is 0 Å². The number of halogens is 2. The lowest BCUT2D eigenvalue weighted by Gasteiger charge is -2.15. The molecule has 1 amide bonds. The van der Waals surface area contributed by atoms with E-state index in [0.717, 1.165) is 3.57 Å². The van der Waals surface area contributed by atoms with Crippen LogP contribution in [0.1, 0.15) is 0 Å². The monoisotopic (exact) mass is 436 g/mol. The maximum Gasteiger partial charge on any atom is 0.337 e. The highest BCUT2D eigenvalue weighted by atomic mass is 127. The summed E-state index contributed by atoms with van der Waals surface area (Å²) in [6, 6.07) is 5.31. The van der Waals surface area contributed by atoms with Gasteiger partial charge < -0.3 is 20.1 Å². The lowest BCUT2D eigenvalue weighted by Crippen LogP contribution is -2.31. The summed E-state index contributed by atoms with van der Waals surface area (Å²) in [6.07, 6.45) is 0. The Morgan fingerprint density at radius 2 is 2.27 bits per heavy atom. The average Bonchev–Trinajstić information content (AvgIpc) is 2.79. The number of aliphatic hydroxyl groups excluding tert-OH is 1. The number of benzene rings is 1. The summed E-state index contributed by atoms with van der Waals surface area (Å²) in [5.41, 5.74) is 0.872. The standard InChI is InChI=1S/C14H14ClIN2O4/c1-22-14(21)9-7-18(4-5-19)13(20)12(9)17-11-3-2-8(16)6-10(11)15/h2-3,6,17,19H,4-5,7H2,1H3. The number of hydrogen-bond acceptors (Lipinski definition) is 5. The van der Waals surface area contributed by atoms with Crippen LogP contribution in [-0.2, 0) is 14.3 Å². The maximum atomic E-state index is 12.4. The second-order valence-electron chi connectivity index (χ2n) is 4.54. The molecular formula is C14H14ClIN2O4. The van der Waals surface area contributed by atoms with Gasteiger partial charge in [0.25, 0.3) is 5.91 Å². The molecule has 8 heteroatoms. The first-order valence-corrected chi connectivity index (χ1v) is 7.87. The molecule has 0 bridgehead atoms. The predicted octanol–water partition coefficient (Wildman–Crippen LogP) is 1.62. The fourth-order valence-corrected chi connectivity index (χ4v) is 2.98. The van der Waals surface area contributed by atoms with Crippen molar-refractivity contribution < 1.29 is 19.4 Å². The number of carbonyl (C=O) groups is 2. The van der Waals surface area contributed by atoms with Gasteiger partial charge in [-0.2, -0.15) is 0 Å². The van der Waals surface area contributed by atoms with Gasteiger partial charge in [0, 0.05) is 10.1 Å². The summed E-state index contributed by atoms with van der Waals surface area (Å²) in [4.78, 5) is 25.6. The normalized spacial score (nSPS) is 14.5. The zero-order valence-corrected chi connectivity index (χ0v) is 14.6. The van der Waals surface area contributed by atoms with Crippen LogP contribution in [0.5, 0.6) is 0 Å². The number of nitrogens with one attached hydrogen (secondary N) is 1. The van der Waals surface area contributed by atoms with Crippen molar-refractivity contribution >= 4 is 51.8 Å². The quantitative estimate of drug-likeness (QED) is 0.542. The molecule has 1 aliphatic rings. The Balaban J connectivity index is 2.34. The number of hydrogen-bond donors (Lipinski definition) is 2. The number of ether oxygens (including phenoxy) is 1. The minimum absolute atomic E-state index is 0.0936. The highest BCUT2D eigenvalue weighted by Gasteiger charge is 2.34. The smallest absolute Gasteiger partial charge is 0.337 e. The molecule has 0 aromatic heterocycles. The minimum atomic E-state index is -0.585. The first-order chi connectivity index (χ1) is 10.5. The molecule has 1 aromatic carbocycles. The predicted molar refractivity (Wildman–Crippen MR) is 90.5 cm³/mol. The number of amides is 1. The number of esters is 1. The minimum Gasteiger partial charge on any atom is -0.466 e. The van der Waals surface area contributed by atoms with Gasteiger partial charge in [-0.15, -0.1) is 0 Å². The van der Waals surface area contributed by atoms with E-state index in [1.165, 1.54) is 12.0 Å². The summed E-state index contributed by atoms with van der Waals surface area (Å²) < 4.78 is 5.67. The molecule has 1 aromatic rings. The Morgan fingerprint density at radius 1 is 1.55 bits per heavy atom. The maximum absolute atomic E-state index is 12.4. The molecule has 2 rings (SSSR count). The van der Waals surface area contributed by atoms with Gasteiger partial charge in [-0.25, -0.2) is 4.79 Å². The van der Waals surface area contributed by atoms with Gasteiger partial charge in [-0.05, 0) is 40.8 Å². The third kappa shape index (κ3) is 3.53. The van der Waals surface area contributed by atoms with Crippen LogP contribution in [0.3, 0.4) is 0 Å². The Morgan fingerprint density at radius 3 is 2.86 bits per heavy atom. The average molecular weight is 437 g/mol. The molecule has 0 aliphatic carbocycles. The third-order valence-electron chi connectivity index (χ3n) is 3.14. The lowest BCUT2D eigenvalue weighted by atomic mass is 10.2. The molecule has 0 unspecified atom stereocenters. The second kappa shape index (κ2) is 7.30. The van der Waals surface area contributed by atoms with Crippen LogP contribution in [0.25, 0.3) is 0 Å². The van der Waals surface area contributed by atoms with Gasteiger partial charge in [-0.1, -0.05) is 11.6 Å². The number of β-amino-alcohol motifs (C(OH)–C–C–N with tert-alkyl or cyclic N) is 1.